The van der Waals surface area contributed by atoms with Gasteiger partial charge in [-0.05, 0) is 13.0 Å². The molecule has 0 unspecified atom stereocenters. The zero-order chi connectivity index (χ0) is 25.3. The van der Waals surface area contributed by atoms with Crippen molar-refractivity contribution in [2.24, 2.45) is 7.05 Å². The third-order valence-electron chi connectivity index (χ3n) is 4.48. The van der Waals surface area contributed by atoms with Crippen LogP contribution in [0.5, 0.6) is 0 Å². The van der Waals surface area contributed by atoms with Gasteiger partial charge in [0, 0.05) is 36.3 Å². The Balaban J connectivity index is 1.87. The lowest BCUT2D eigenvalue weighted by Gasteiger charge is -2.09. The normalized spacial score (nSPS) is 11.5. The third kappa shape index (κ3) is 4.97. The van der Waals surface area contributed by atoms with Crippen LogP contribution in [0.2, 0.25) is 0 Å². The number of aromatic carboxylic acids is 1. The minimum absolute atomic E-state index is 0.0130. The first-order valence-corrected chi connectivity index (χ1v) is 11.4. The summed E-state index contributed by atoms with van der Waals surface area (Å²) < 4.78 is 40.9. The number of amides is 2. The number of pyridine rings is 1. The van der Waals surface area contributed by atoms with E-state index < -0.39 is 23.9 Å². The second-order valence-electron chi connectivity index (χ2n) is 6.84. The molecule has 11 nitrogen and oxygen atoms in total. The summed E-state index contributed by atoms with van der Waals surface area (Å²) in [4.78, 5) is 40.0. The van der Waals surface area contributed by atoms with Crippen molar-refractivity contribution in [3.63, 3.8) is 0 Å². The Morgan fingerprint density at radius 2 is 1.94 bits per heavy atom. The predicted octanol–water partition coefficient (Wildman–Crippen LogP) is 3.98. The van der Waals surface area contributed by atoms with Crippen LogP contribution in [0.15, 0.2) is 24.0 Å². The average molecular weight is 525 g/mol. The fourth-order valence-corrected chi connectivity index (χ4v) is 4.74. The molecular formula is C19H15F3N8O3S2. The fraction of sp³-hybridized carbons (Fsp3) is 0.211. The lowest BCUT2D eigenvalue weighted by molar-refractivity contribution is -0.140. The third-order valence-corrected chi connectivity index (χ3v) is 6.44. The molecule has 0 atom stereocenters. The molecule has 16 heteroatoms. The molecule has 182 valence electrons. The van der Waals surface area contributed by atoms with Gasteiger partial charge in [0.1, 0.15) is 32.7 Å². The number of carboxylic acids is 1. The average Bonchev–Trinajstić information content (AvgIpc) is 3.52. The van der Waals surface area contributed by atoms with Crippen LogP contribution in [0, 0.1) is 0 Å². The quantitative estimate of drug-likeness (QED) is 0.343. The topological polar surface area (TPSA) is 148 Å². The SMILES string of the molecule is CCNC(=O)Nc1cc(-c2nc(C(F)(F)F)cs2)c(-c2nc(-c3ncnn3C)c(C(=O)O)s2)cn1. The van der Waals surface area contributed by atoms with Gasteiger partial charge in [-0.25, -0.2) is 34.2 Å². The van der Waals surface area contributed by atoms with E-state index in [0.29, 0.717) is 6.54 Å². The van der Waals surface area contributed by atoms with Gasteiger partial charge in [0.15, 0.2) is 11.5 Å². The molecule has 4 aromatic heterocycles. The second-order valence-corrected chi connectivity index (χ2v) is 8.70. The molecule has 4 rings (SSSR count). The van der Waals surface area contributed by atoms with Crippen LogP contribution in [-0.2, 0) is 13.2 Å². The molecule has 35 heavy (non-hydrogen) atoms. The number of halogens is 3. The summed E-state index contributed by atoms with van der Waals surface area (Å²) in [5, 5.41) is 19.7. The van der Waals surface area contributed by atoms with Crippen LogP contribution in [0.4, 0.5) is 23.8 Å². The first-order chi connectivity index (χ1) is 16.6. The number of nitrogens with one attached hydrogen (secondary N) is 2. The van der Waals surface area contributed by atoms with Crippen molar-refractivity contribution in [1.29, 1.82) is 0 Å². The highest BCUT2D eigenvalue weighted by Gasteiger charge is 2.34. The largest absolute Gasteiger partial charge is 0.477 e. The molecule has 0 radical (unpaired) electrons. The highest BCUT2D eigenvalue weighted by molar-refractivity contribution is 7.17. The number of thiazole rings is 2. The Hall–Kier alpha value is -3.92. The lowest BCUT2D eigenvalue weighted by atomic mass is 10.1. The number of hydrogen-bond donors (Lipinski definition) is 3. The molecule has 0 aliphatic carbocycles. The van der Waals surface area contributed by atoms with Gasteiger partial charge in [0.25, 0.3) is 0 Å². The molecule has 0 saturated heterocycles. The predicted molar refractivity (Wildman–Crippen MR) is 121 cm³/mol. The number of hydrogen-bond acceptors (Lipinski definition) is 9. The maximum absolute atomic E-state index is 13.2. The number of alkyl halides is 3. The highest BCUT2D eigenvalue weighted by atomic mass is 32.1. The van der Waals surface area contributed by atoms with Crippen LogP contribution in [-0.4, -0.2) is 53.4 Å². The van der Waals surface area contributed by atoms with Gasteiger partial charge >= 0.3 is 18.2 Å². The van der Waals surface area contributed by atoms with Crippen molar-refractivity contribution < 1.29 is 27.9 Å². The summed E-state index contributed by atoms with van der Waals surface area (Å²) in [5.74, 6) is -1.01. The minimum atomic E-state index is -4.65. The highest BCUT2D eigenvalue weighted by Crippen LogP contribution is 2.41. The Morgan fingerprint density at radius 1 is 1.17 bits per heavy atom. The minimum Gasteiger partial charge on any atom is -0.477 e. The first-order valence-electron chi connectivity index (χ1n) is 9.75. The molecule has 0 saturated carbocycles. The summed E-state index contributed by atoms with van der Waals surface area (Å²) >= 11 is 1.54. The second kappa shape index (κ2) is 9.38. The molecule has 0 fully saturated rings. The molecule has 3 N–H and O–H groups in total. The van der Waals surface area contributed by atoms with E-state index in [1.54, 1.807) is 14.0 Å². The summed E-state index contributed by atoms with van der Waals surface area (Å²) in [6.07, 6.45) is -2.13. The fourth-order valence-electron chi connectivity index (χ4n) is 2.96. The smallest absolute Gasteiger partial charge is 0.434 e. The van der Waals surface area contributed by atoms with Crippen LogP contribution in [0.3, 0.4) is 0 Å². The van der Waals surface area contributed by atoms with Gasteiger partial charge in [-0.15, -0.1) is 22.7 Å². The van der Waals surface area contributed by atoms with Crippen LogP contribution < -0.4 is 10.6 Å². The van der Waals surface area contributed by atoms with Crippen molar-refractivity contribution in [2.75, 3.05) is 11.9 Å². The summed E-state index contributed by atoms with van der Waals surface area (Å²) in [7, 11) is 1.57. The van der Waals surface area contributed by atoms with Gasteiger partial charge in [0.2, 0.25) is 0 Å². The number of carboxylic acid groups (broad SMARTS) is 1. The van der Waals surface area contributed by atoms with Crippen molar-refractivity contribution in [2.45, 2.75) is 13.1 Å². The van der Waals surface area contributed by atoms with E-state index in [2.05, 4.69) is 35.7 Å². The Kier molecular flexibility index (Phi) is 6.49. The van der Waals surface area contributed by atoms with E-state index in [-0.39, 0.29) is 43.4 Å². The molecule has 0 aliphatic heterocycles. The number of nitrogens with zero attached hydrogens (tertiary/aromatic N) is 6. The van der Waals surface area contributed by atoms with E-state index in [1.807, 2.05) is 0 Å². The Labute approximate surface area is 202 Å². The zero-order valence-electron chi connectivity index (χ0n) is 17.9. The van der Waals surface area contributed by atoms with Crippen molar-refractivity contribution in [1.82, 2.24) is 35.0 Å². The number of aromatic nitrogens is 6. The van der Waals surface area contributed by atoms with Crippen LogP contribution in [0.1, 0.15) is 22.3 Å². The number of rotatable bonds is 6. The first kappa shape index (κ1) is 24.2. The van der Waals surface area contributed by atoms with Crippen molar-refractivity contribution >= 4 is 40.5 Å². The standard InChI is InChI=1S/C19H15F3N8O3S2/c1-3-23-18(33)28-11-4-8(15-27-10(6-34-15)19(20,21)22)9(5-24-11)16-29-12(13(35-16)17(31)32)14-25-7-26-30(14)2/h4-7H,3H2,1-2H3,(H,31,32)(H2,23,24,28,33). The molecule has 4 heterocycles. The van der Waals surface area contributed by atoms with Crippen LogP contribution >= 0.6 is 22.7 Å². The molecule has 0 aliphatic rings. The van der Waals surface area contributed by atoms with Gasteiger partial charge < -0.3 is 10.4 Å². The Morgan fingerprint density at radius 3 is 2.54 bits per heavy atom. The number of carbonyl (C=O) groups excluding carboxylic acids is 1. The molecule has 0 spiro atoms. The van der Waals surface area contributed by atoms with E-state index in [4.69, 9.17) is 0 Å². The number of carbonyl (C=O) groups is 2. The van der Waals surface area contributed by atoms with Crippen molar-refractivity contribution in [3.05, 3.63) is 34.5 Å². The maximum atomic E-state index is 13.2. The van der Waals surface area contributed by atoms with Crippen LogP contribution in [0.25, 0.3) is 32.7 Å². The van der Waals surface area contributed by atoms with Gasteiger partial charge in [-0.2, -0.15) is 18.3 Å². The summed E-state index contributed by atoms with van der Waals surface area (Å²) in [5.41, 5.74) is -0.621. The zero-order valence-corrected chi connectivity index (χ0v) is 19.5. The van der Waals surface area contributed by atoms with E-state index in [9.17, 15) is 27.9 Å². The Bertz CT molecular complexity index is 1410. The summed E-state index contributed by atoms with van der Waals surface area (Å²) in [6.45, 7) is 2.06. The van der Waals surface area contributed by atoms with E-state index in [0.717, 1.165) is 28.1 Å². The van der Waals surface area contributed by atoms with E-state index in [1.165, 1.54) is 23.3 Å². The number of anilines is 1. The molecular weight excluding hydrogens is 509 g/mol. The molecule has 0 aromatic carbocycles. The molecule has 2 amide bonds. The maximum Gasteiger partial charge on any atom is 0.434 e. The van der Waals surface area contributed by atoms with Gasteiger partial charge in [0.05, 0.1) is 0 Å². The monoisotopic (exact) mass is 524 g/mol. The molecule has 4 aromatic rings. The van der Waals surface area contributed by atoms with Gasteiger partial charge in [-0.3, -0.25) is 5.32 Å². The molecule has 0 bridgehead atoms. The van der Waals surface area contributed by atoms with Crippen molar-refractivity contribution in [3.8, 4) is 32.7 Å². The number of urea groups is 1. The van der Waals surface area contributed by atoms with E-state index >= 15 is 0 Å². The number of aryl methyl sites for hydroxylation is 1. The van der Waals surface area contributed by atoms with Gasteiger partial charge in [-0.1, -0.05) is 0 Å². The summed E-state index contributed by atoms with van der Waals surface area (Å²) in [6, 6.07) is 0.800. The lowest BCUT2D eigenvalue weighted by Crippen LogP contribution is -2.28.